The minimum atomic E-state index is -5.23. The molecule has 1 fully saturated rings. The van der Waals surface area contributed by atoms with Crippen molar-refractivity contribution in [3.63, 3.8) is 0 Å². The highest BCUT2D eigenvalue weighted by Gasteiger charge is 2.50. The zero-order valence-corrected chi connectivity index (χ0v) is 19.8. The lowest BCUT2D eigenvalue weighted by Gasteiger charge is -2.40. The van der Waals surface area contributed by atoms with Gasteiger partial charge in [0, 0.05) is 29.2 Å². The number of hydrogen-bond donors (Lipinski definition) is 0. The van der Waals surface area contributed by atoms with Gasteiger partial charge in [0.2, 0.25) is 0 Å². The smallest absolute Gasteiger partial charge is 0.307 e. The Labute approximate surface area is 210 Å². The van der Waals surface area contributed by atoms with Gasteiger partial charge >= 0.3 is 18.5 Å². The van der Waals surface area contributed by atoms with Gasteiger partial charge in [-0.25, -0.2) is 0 Å². The van der Waals surface area contributed by atoms with Crippen LogP contribution >= 0.6 is 11.6 Å². The molecule has 0 N–H and O–H groups in total. The number of nitrogens with zero attached hydrogens (tertiary/aromatic N) is 2. The lowest BCUT2D eigenvalue weighted by molar-refractivity contribution is -0.143. The fourth-order valence-corrected chi connectivity index (χ4v) is 5.30. The first-order valence-electron chi connectivity index (χ1n) is 11.2. The quantitative estimate of drug-likeness (QED) is 0.369. The molecule has 0 saturated carbocycles. The summed E-state index contributed by atoms with van der Waals surface area (Å²) in [5.41, 5.74) is -5.18. The first kappa shape index (κ1) is 27.6. The normalized spacial score (nSPS) is 18.4. The first-order chi connectivity index (χ1) is 17.0. The van der Waals surface area contributed by atoms with E-state index < -0.39 is 53.0 Å². The highest BCUT2D eigenvalue weighted by atomic mass is 35.5. The number of hydrogen-bond acceptors (Lipinski definition) is 2. The minimum absolute atomic E-state index is 0.128. The van der Waals surface area contributed by atoms with Crippen molar-refractivity contribution in [3.05, 3.63) is 63.7 Å². The monoisotopic (exact) mass is 558 g/mol. The molecule has 0 aliphatic carbocycles. The van der Waals surface area contributed by atoms with Crippen molar-refractivity contribution in [2.75, 3.05) is 31.1 Å². The van der Waals surface area contributed by atoms with E-state index in [9.17, 15) is 44.3 Å². The van der Waals surface area contributed by atoms with Gasteiger partial charge in [0.25, 0.3) is 5.91 Å². The Balaban J connectivity index is 1.72. The van der Waals surface area contributed by atoms with E-state index in [1.54, 1.807) is 4.90 Å². The Morgan fingerprint density at radius 1 is 0.892 bits per heavy atom. The van der Waals surface area contributed by atoms with Gasteiger partial charge in [-0.1, -0.05) is 17.7 Å². The number of alkyl halides is 9. The maximum absolute atomic E-state index is 13.7. The molecule has 202 valence electrons. The standard InChI is InChI=1S/C24H20ClF9N2O/c25-14-4-5-18-17(12-14)21(6-9-35(10-7-21)11-8-22(26,27)28)13-36(18)20(37)19-15(23(29,30)31)2-1-3-16(19)24(32,33)34/h1-5,12H,6-11,13H2. The minimum Gasteiger partial charge on any atom is -0.307 e. The Kier molecular flexibility index (Phi) is 6.98. The molecule has 2 aromatic carbocycles. The maximum Gasteiger partial charge on any atom is 0.417 e. The number of carbonyl (C=O) groups excluding carboxylic acids is 1. The van der Waals surface area contributed by atoms with Crippen LogP contribution in [0.4, 0.5) is 45.2 Å². The molecule has 0 atom stereocenters. The average Bonchev–Trinajstić information content (AvgIpc) is 3.09. The summed E-state index contributed by atoms with van der Waals surface area (Å²) in [6, 6.07) is 5.70. The van der Waals surface area contributed by atoms with E-state index in [0.29, 0.717) is 23.8 Å². The summed E-state index contributed by atoms with van der Waals surface area (Å²) >= 11 is 6.13. The molecule has 2 aliphatic rings. The van der Waals surface area contributed by atoms with Gasteiger partial charge in [0.1, 0.15) is 0 Å². The Bertz CT molecular complexity index is 1150. The van der Waals surface area contributed by atoms with Crippen LogP contribution in [-0.2, 0) is 17.8 Å². The molecule has 0 bridgehead atoms. The molecule has 0 aromatic heterocycles. The van der Waals surface area contributed by atoms with Gasteiger partial charge in [-0.3, -0.25) is 4.79 Å². The van der Waals surface area contributed by atoms with Crippen molar-refractivity contribution >= 4 is 23.2 Å². The summed E-state index contributed by atoms with van der Waals surface area (Å²) in [7, 11) is 0. The van der Waals surface area contributed by atoms with Gasteiger partial charge in [-0.05, 0) is 61.8 Å². The van der Waals surface area contributed by atoms with E-state index in [1.165, 1.54) is 18.2 Å². The van der Waals surface area contributed by atoms with Crippen LogP contribution in [0.2, 0.25) is 5.02 Å². The number of amides is 1. The van der Waals surface area contributed by atoms with Crippen molar-refractivity contribution in [3.8, 4) is 0 Å². The summed E-state index contributed by atoms with van der Waals surface area (Å²) in [5.74, 6) is -1.46. The second-order valence-corrected chi connectivity index (χ2v) is 9.70. The third-order valence-electron chi connectivity index (χ3n) is 6.94. The number of benzene rings is 2. The molecule has 1 saturated heterocycles. The van der Waals surface area contributed by atoms with Crippen molar-refractivity contribution in [1.29, 1.82) is 0 Å². The lowest BCUT2D eigenvalue weighted by Crippen LogP contribution is -2.47. The molecule has 1 amide bonds. The molecular weight excluding hydrogens is 539 g/mol. The van der Waals surface area contributed by atoms with Crippen LogP contribution in [0.5, 0.6) is 0 Å². The molecule has 2 aliphatic heterocycles. The lowest BCUT2D eigenvalue weighted by atomic mass is 9.74. The maximum atomic E-state index is 13.7. The molecule has 13 heteroatoms. The topological polar surface area (TPSA) is 23.6 Å². The molecule has 37 heavy (non-hydrogen) atoms. The van der Waals surface area contributed by atoms with Crippen LogP contribution in [0.1, 0.15) is 46.3 Å². The molecule has 1 spiro atoms. The van der Waals surface area contributed by atoms with Crippen molar-refractivity contribution < 1.29 is 44.3 Å². The van der Waals surface area contributed by atoms with Crippen LogP contribution in [0.25, 0.3) is 0 Å². The first-order valence-corrected chi connectivity index (χ1v) is 11.6. The van der Waals surface area contributed by atoms with E-state index in [1.807, 2.05) is 0 Å². The second kappa shape index (κ2) is 9.37. The summed E-state index contributed by atoms with van der Waals surface area (Å²) in [6.07, 6.45) is -15.3. The van der Waals surface area contributed by atoms with Crippen LogP contribution in [0, 0.1) is 0 Å². The summed E-state index contributed by atoms with van der Waals surface area (Å²) in [6.45, 7) is -0.0509. The van der Waals surface area contributed by atoms with Crippen LogP contribution in [0.15, 0.2) is 36.4 Å². The van der Waals surface area contributed by atoms with E-state index in [-0.39, 0.29) is 49.7 Å². The van der Waals surface area contributed by atoms with Crippen LogP contribution in [-0.4, -0.2) is 43.2 Å². The number of piperidine rings is 1. The van der Waals surface area contributed by atoms with Gasteiger partial charge in [-0.2, -0.15) is 39.5 Å². The van der Waals surface area contributed by atoms with Gasteiger partial charge in [0.15, 0.2) is 0 Å². The van der Waals surface area contributed by atoms with Crippen LogP contribution < -0.4 is 4.90 Å². The fraction of sp³-hybridized carbons (Fsp3) is 0.458. The third kappa shape index (κ3) is 5.55. The number of rotatable bonds is 3. The SMILES string of the molecule is O=C(c1c(C(F)(F)F)cccc1C(F)(F)F)N1CC2(CCN(CCC(F)(F)F)CC2)c2cc(Cl)ccc21. The number of likely N-dealkylation sites (tertiary alicyclic amines) is 1. The van der Waals surface area contributed by atoms with Crippen molar-refractivity contribution in [1.82, 2.24) is 4.90 Å². The van der Waals surface area contributed by atoms with Crippen molar-refractivity contribution in [2.45, 2.75) is 43.2 Å². The number of halogens is 10. The van der Waals surface area contributed by atoms with E-state index >= 15 is 0 Å². The zero-order valence-electron chi connectivity index (χ0n) is 19.0. The molecule has 4 rings (SSSR count). The molecule has 2 aromatic rings. The number of anilines is 1. The molecule has 0 radical (unpaired) electrons. The number of carbonyl (C=O) groups is 1. The van der Waals surface area contributed by atoms with Gasteiger partial charge < -0.3 is 9.80 Å². The summed E-state index contributed by atoms with van der Waals surface area (Å²) in [4.78, 5) is 16.0. The average molecular weight is 559 g/mol. The fourth-order valence-electron chi connectivity index (χ4n) is 5.13. The van der Waals surface area contributed by atoms with E-state index in [0.717, 1.165) is 4.90 Å². The second-order valence-electron chi connectivity index (χ2n) is 9.26. The third-order valence-corrected chi connectivity index (χ3v) is 7.18. The molecule has 3 nitrogen and oxygen atoms in total. The van der Waals surface area contributed by atoms with E-state index in [4.69, 9.17) is 11.6 Å². The summed E-state index contributed by atoms with van der Waals surface area (Å²) < 4.78 is 120. The Hall–Kier alpha value is -2.47. The summed E-state index contributed by atoms with van der Waals surface area (Å²) in [5, 5.41) is 0.249. The largest absolute Gasteiger partial charge is 0.417 e. The highest BCUT2D eigenvalue weighted by Crippen LogP contribution is 2.49. The predicted molar refractivity (Wildman–Crippen MR) is 118 cm³/mol. The van der Waals surface area contributed by atoms with E-state index in [2.05, 4.69) is 0 Å². The Morgan fingerprint density at radius 2 is 1.46 bits per heavy atom. The van der Waals surface area contributed by atoms with Gasteiger partial charge in [-0.15, -0.1) is 0 Å². The molecule has 0 unspecified atom stereocenters. The van der Waals surface area contributed by atoms with Gasteiger partial charge in [0.05, 0.1) is 23.1 Å². The molecule has 2 heterocycles. The van der Waals surface area contributed by atoms with Crippen molar-refractivity contribution in [2.24, 2.45) is 0 Å². The van der Waals surface area contributed by atoms with Crippen LogP contribution in [0.3, 0.4) is 0 Å². The predicted octanol–water partition coefficient (Wildman–Crippen LogP) is 7.32. The number of fused-ring (bicyclic) bond motifs is 2. The zero-order chi connectivity index (χ0) is 27.4. The molecular formula is C24H20ClF9N2O. The highest BCUT2D eigenvalue weighted by molar-refractivity contribution is 6.30. The Morgan fingerprint density at radius 3 is 1.97 bits per heavy atom.